The van der Waals surface area contributed by atoms with E-state index in [1.165, 1.54) is 0 Å². The number of rotatable bonds is 2. The molecule has 2 saturated heterocycles. The van der Waals surface area contributed by atoms with Gasteiger partial charge in [0.15, 0.2) is 6.29 Å². The summed E-state index contributed by atoms with van der Waals surface area (Å²) in [4.78, 5) is 12.5. The van der Waals surface area contributed by atoms with Gasteiger partial charge in [0, 0.05) is 24.4 Å². The molecule has 4 aliphatic rings. The second kappa shape index (κ2) is 4.99. The summed E-state index contributed by atoms with van der Waals surface area (Å²) in [6, 6.07) is 0. The molecule has 23 heavy (non-hydrogen) atoms. The highest BCUT2D eigenvalue weighted by Crippen LogP contribution is 2.58. The lowest BCUT2D eigenvalue weighted by atomic mass is 9.58. The van der Waals surface area contributed by atoms with E-state index in [1.807, 2.05) is 6.08 Å². The number of carbonyl (C=O) groups excluding carboxylic acids is 1. The second-order valence-electron chi connectivity index (χ2n) is 7.88. The van der Waals surface area contributed by atoms with Gasteiger partial charge in [0.1, 0.15) is 0 Å². The van der Waals surface area contributed by atoms with Gasteiger partial charge in [-0.25, -0.2) is 0 Å². The largest absolute Gasteiger partial charge is 0.351 e. The smallest absolute Gasteiger partial charge is 0.237 e. The standard InChI is InChI=1S/C18H24O5/c1-16(2)10-21-15(22-11-16)17-7-4-5-12-9-23-18(20-3,14(12)17)13(19)6-8-17/h4-6,8,12,14-15H,7,9-11H2,1-3H3/t12-,14+,17-,18-/m0/s1. The molecule has 0 radical (unpaired) electrons. The fourth-order valence-electron chi connectivity index (χ4n) is 4.53. The Morgan fingerprint density at radius 1 is 1.26 bits per heavy atom. The third kappa shape index (κ3) is 2.03. The highest BCUT2D eigenvalue weighted by atomic mass is 16.7. The molecule has 4 atom stereocenters. The molecule has 0 spiro atoms. The molecule has 0 amide bonds. The Balaban J connectivity index is 1.76. The normalized spacial score (nSPS) is 45.3. The zero-order chi connectivity index (χ0) is 16.3. The van der Waals surface area contributed by atoms with Crippen molar-refractivity contribution in [3.8, 4) is 0 Å². The lowest BCUT2D eigenvalue weighted by Gasteiger charge is -2.53. The van der Waals surface area contributed by atoms with Crippen molar-refractivity contribution < 1.29 is 23.7 Å². The van der Waals surface area contributed by atoms with Gasteiger partial charge >= 0.3 is 0 Å². The predicted octanol–water partition coefficient (Wildman–Crippen LogP) is 2.08. The Hall–Kier alpha value is -1.01. The van der Waals surface area contributed by atoms with Crippen LogP contribution in [0.15, 0.2) is 24.3 Å². The SMILES string of the molecule is CO[C@]12OC[C@@H]3C=CC[C@](C4OCC(C)(C)CO4)(C=CC1=O)[C@@H]32. The minimum atomic E-state index is -1.20. The molecule has 5 heteroatoms. The van der Waals surface area contributed by atoms with Crippen LogP contribution in [0.5, 0.6) is 0 Å². The number of allylic oxidation sites excluding steroid dienone is 1. The number of hydrogen-bond acceptors (Lipinski definition) is 5. The molecule has 2 aliphatic heterocycles. The van der Waals surface area contributed by atoms with Crippen molar-refractivity contribution in [3.05, 3.63) is 24.3 Å². The molecule has 4 rings (SSSR count). The Morgan fingerprint density at radius 2 is 2.00 bits per heavy atom. The van der Waals surface area contributed by atoms with Crippen LogP contribution >= 0.6 is 0 Å². The summed E-state index contributed by atoms with van der Waals surface area (Å²) in [6.07, 6.45) is 8.25. The maximum absolute atomic E-state index is 12.5. The fourth-order valence-corrected chi connectivity index (χ4v) is 4.53. The molecule has 0 bridgehead atoms. The quantitative estimate of drug-likeness (QED) is 0.729. The Kier molecular flexibility index (Phi) is 3.37. The van der Waals surface area contributed by atoms with E-state index in [4.69, 9.17) is 18.9 Å². The van der Waals surface area contributed by atoms with Crippen LogP contribution in [0.4, 0.5) is 0 Å². The van der Waals surface area contributed by atoms with Crippen LogP contribution < -0.4 is 0 Å². The maximum atomic E-state index is 12.5. The molecule has 0 aromatic rings. The molecular weight excluding hydrogens is 296 g/mol. The Bertz CT molecular complexity index is 570. The van der Waals surface area contributed by atoms with E-state index in [-0.39, 0.29) is 29.3 Å². The molecule has 126 valence electrons. The molecule has 0 N–H and O–H groups in total. The first-order chi connectivity index (χ1) is 10.9. The third-order valence-electron chi connectivity index (χ3n) is 5.64. The van der Waals surface area contributed by atoms with Gasteiger partial charge in [0.05, 0.1) is 25.2 Å². The van der Waals surface area contributed by atoms with Gasteiger partial charge in [-0.05, 0) is 12.5 Å². The van der Waals surface area contributed by atoms with E-state index >= 15 is 0 Å². The number of ether oxygens (including phenoxy) is 4. The van der Waals surface area contributed by atoms with Crippen molar-refractivity contribution >= 4 is 5.78 Å². The molecule has 0 aromatic heterocycles. The van der Waals surface area contributed by atoms with Crippen molar-refractivity contribution in [2.45, 2.75) is 32.3 Å². The molecule has 0 aromatic carbocycles. The van der Waals surface area contributed by atoms with Crippen molar-refractivity contribution in [2.75, 3.05) is 26.9 Å². The zero-order valence-corrected chi connectivity index (χ0v) is 13.9. The van der Waals surface area contributed by atoms with Crippen LogP contribution in [0, 0.1) is 22.7 Å². The lowest BCUT2D eigenvalue weighted by Crippen LogP contribution is -2.61. The highest BCUT2D eigenvalue weighted by molar-refractivity contribution is 5.98. The number of methoxy groups -OCH3 is 1. The topological polar surface area (TPSA) is 54.0 Å². The van der Waals surface area contributed by atoms with E-state index < -0.39 is 11.2 Å². The number of ketones is 1. The summed E-state index contributed by atoms with van der Waals surface area (Å²) in [5, 5.41) is 0. The maximum Gasteiger partial charge on any atom is 0.237 e. The Morgan fingerprint density at radius 3 is 2.70 bits per heavy atom. The monoisotopic (exact) mass is 320 g/mol. The third-order valence-corrected chi connectivity index (χ3v) is 5.64. The molecule has 5 nitrogen and oxygen atoms in total. The van der Waals surface area contributed by atoms with Gasteiger partial charge in [-0.15, -0.1) is 0 Å². The average Bonchev–Trinajstić information content (AvgIpc) is 2.93. The molecule has 2 heterocycles. The summed E-state index contributed by atoms with van der Waals surface area (Å²) in [5.74, 6) is -1.30. The van der Waals surface area contributed by atoms with Crippen LogP contribution in [-0.2, 0) is 23.7 Å². The molecule has 0 unspecified atom stereocenters. The number of hydrogen-bond donors (Lipinski definition) is 0. The highest BCUT2D eigenvalue weighted by Gasteiger charge is 2.67. The summed E-state index contributed by atoms with van der Waals surface area (Å²) in [5.41, 5.74) is -0.411. The zero-order valence-electron chi connectivity index (χ0n) is 13.9. The predicted molar refractivity (Wildman–Crippen MR) is 82.5 cm³/mol. The molecular formula is C18H24O5. The summed E-state index contributed by atoms with van der Waals surface area (Å²) < 4.78 is 23.8. The van der Waals surface area contributed by atoms with E-state index in [9.17, 15) is 4.79 Å². The molecule has 2 fully saturated rings. The van der Waals surface area contributed by atoms with E-state index in [0.717, 1.165) is 6.42 Å². The van der Waals surface area contributed by atoms with Gasteiger partial charge in [-0.3, -0.25) is 4.79 Å². The minimum absolute atomic E-state index is 0.00969. The summed E-state index contributed by atoms with van der Waals surface area (Å²) >= 11 is 0. The summed E-state index contributed by atoms with van der Waals surface area (Å²) in [7, 11) is 1.55. The van der Waals surface area contributed by atoms with Crippen molar-refractivity contribution in [1.82, 2.24) is 0 Å². The van der Waals surface area contributed by atoms with Gasteiger partial charge < -0.3 is 18.9 Å². The fraction of sp³-hybridized carbons (Fsp3) is 0.722. The molecule has 2 aliphatic carbocycles. The minimum Gasteiger partial charge on any atom is -0.351 e. The average molecular weight is 320 g/mol. The van der Waals surface area contributed by atoms with Gasteiger partial charge in [0.2, 0.25) is 11.6 Å². The van der Waals surface area contributed by atoms with E-state index in [1.54, 1.807) is 13.2 Å². The van der Waals surface area contributed by atoms with Gasteiger partial charge in [-0.2, -0.15) is 0 Å². The first kappa shape index (κ1) is 15.5. The second-order valence-corrected chi connectivity index (χ2v) is 7.88. The van der Waals surface area contributed by atoms with Crippen molar-refractivity contribution in [3.63, 3.8) is 0 Å². The number of carbonyl (C=O) groups is 1. The van der Waals surface area contributed by atoms with Crippen molar-refractivity contribution in [2.24, 2.45) is 22.7 Å². The van der Waals surface area contributed by atoms with Crippen LogP contribution in [-0.4, -0.2) is 44.8 Å². The lowest BCUT2D eigenvalue weighted by molar-refractivity contribution is -0.295. The van der Waals surface area contributed by atoms with Crippen LogP contribution in [0.1, 0.15) is 20.3 Å². The van der Waals surface area contributed by atoms with E-state index in [0.29, 0.717) is 19.8 Å². The van der Waals surface area contributed by atoms with Crippen LogP contribution in [0.3, 0.4) is 0 Å². The first-order valence-corrected chi connectivity index (χ1v) is 8.26. The first-order valence-electron chi connectivity index (χ1n) is 8.26. The van der Waals surface area contributed by atoms with Crippen LogP contribution in [0.25, 0.3) is 0 Å². The Labute approximate surface area is 136 Å². The summed E-state index contributed by atoms with van der Waals surface area (Å²) in [6.45, 7) is 6.03. The van der Waals surface area contributed by atoms with E-state index in [2.05, 4.69) is 26.0 Å². The van der Waals surface area contributed by atoms with Crippen molar-refractivity contribution in [1.29, 1.82) is 0 Å². The van der Waals surface area contributed by atoms with Gasteiger partial charge in [0.25, 0.3) is 0 Å². The molecule has 0 saturated carbocycles. The van der Waals surface area contributed by atoms with Gasteiger partial charge in [-0.1, -0.05) is 32.1 Å². The van der Waals surface area contributed by atoms with Crippen LogP contribution in [0.2, 0.25) is 0 Å².